The van der Waals surface area contributed by atoms with Gasteiger partial charge in [-0.25, -0.2) is 4.79 Å². The molecule has 0 saturated heterocycles. The van der Waals surface area contributed by atoms with Gasteiger partial charge in [0.05, 0.1) is 5.56 Å². The summed E-state index contributed by atoms with van der Waals surface area (Å²) in [5.41, 5.74) is 9.58. The Bertz CT molecular complexity index is 1060. The molecular weight excluding hydrogens is 314 g/mol. The number of para-hydroxylation sites is 1. The Morgan fingerprint density at radius 1 is 0.920 bits per heavy atom. The number of ether oxygens (including phenoxy) is 2. The third-order valence-electron chi connectivity index (χ3n) is 4.96. The Morgan fingerprint density at radius 2 is 1.72 bits per heavy atom. The third-order valence-corrected chi connectivity index (χ3v) is 4.96. The molecule has 1 unspecified atom stereocenters. The lowest BCUT2D eigenvalue weighted by Gasteiger charge is -2.37. The van der Waals surface area contributed by atoms with Crippen LogP contribution in [0.5, 0.6) is 11.5 Å². The van der Waals surface area contributed by atoms with E-state index in [1.807, 2.05) is 49.4 Å². The second-order valence-electron chi connectivity index (χ2n) is 6.43. The van der Waals surface area contributed by atoms with Crippen molar-refractivity contribution in [3.8, 4) is 11.5 Å². The molecule has 0 amide bonds. The molecule has 4 heteroatoms. The summed E-state index contributed by atoms with van der Waals surface area (Å²) in [6.07, 6.45) is 0. The normalized spacial score (nSPS) is 19.6. The molecule has 122 valence electrons. The molecule has 5 rings (SSSR count). The molecule has 0 radical (unpaired) electrons. The van der Waals surface area contributed by atoms with Crippen molar-refractivity contribution in [2.75, 3.05) is 5.73 Å². The molecule has 0 fully saturated rings. The minimum Gasteiger partial charge on any atom is -0.456 e. The average Bonchev–Trinajstić information content (AvgIpc) is 2.90. The zero-order valence-electron chi connectivity index (χ0n) is 13.6. The lowest BCUT2D eigenvalue weighted by molar-refractivity contribution is 0.0224. The van der Waals surface area contributed by atoms with Crippen LogP contribution in [0.3, 0.4) is 0 Å². The minimum absolute atomic E-state index is 0.326. The minimum atomic E-state index is -1.00. The fourth-order valence-electron chi connectivity index (χ4n) is 3.85. The molecule has 3 aromatic rings. The summed E-state index contributed by atoms with van der Waals surface area (Å²) in [5.74, 6) is 1.00. The van der Waals surface area contributed by atoms with Crippen LogP contribution < -0.4 is 10.5 Å². The number of fused-ring (bicyclic) bond motifs is 6. The van der Waals surface area contributed by atoms with E-state index in [0.717, 1.165) is 22.3 Å². The van der Waals surface area contributed by atoms with Gasteiger partial charge in [-0.2, -0.15) is 0 Å². The van der Waals surface area contributed by atoms with Crippen molar-refractivity contribution in [3.05, 3.63) is 88.5 Å². The Balaban J connectivity index is 1.93. The molecule has 4 nitrogen and oxygen atoms in total. The van der Waals surface area contributed by atoms with Gasteiger partial charge in [-0.3, -0.25) is 0 Å². The molecule has 1 spiro atoms. The van der Waals surface area contributed by atoms with E-state index in [2.05, 4.69) is 0 Å². The van der Waals surface area contributed by atoms with Crippen LogP contribution in [0.2, 0.25) is 0 Å². The Kier molecular flexibility index (Phi) is 2.61. The predicted molar refractivity (Wildman–Crippen MR) is 93.8 cm³/mol. The van der Waals surface area contributed by atoms with Gasteiger partial charge in [-0.05, 0) is 30.7 Å². The van der Waals surface area contributed by atoms with Gasteiger partial charge >= 0.3 is 5.97 Å². The molecule has 2 aliphatic rings. The highest BCUT2D eigenvalue weighted by molar-refractivity contribution is 5.97. The number of benzene rings is 3. The number of carbonyl (C=O) groups is 1. The molecule has 0 saturated carbocycles. The highest BCUT2D eigenvalue weighted by Gasteiger charge is 2.53. The van der Waals surface area contributed by atoms with E-state index in [9.17, 15) is 4.79 Å². The Morgan fingerprint density at radius 3 is 2.60 bits per heavy atom. The second kappa shape index (κ2) is 4.63. The fourth-order valence-corrected chi connectivity index (χ4v) is 3.85. The number of aryl methyl sites for hydroxylation is 1. The van der Waals surface area contributed by atoms with Gasteiger partial charge in [0.25, 0.3) is 0 Å². The van der Waals surface area contributed by atoms with Crippen LogP contribution in [0.15, 0.2) is 60.7 Å². The summed E-state index contributed by atoms with van der Waals surface area (Å²) in [6, 6.07) is 18.9. The number of rotatable bonds is 0. The largest absolute Gasteiger partial charge is 0.456 e. The molecule has 2 N–H and O–H groups in total. The van der Waals surface area contributed by atoms with E-state index >= 15 is 0 Å². The monoisotopic (exact) mass is 329 g/mol. The zero-order chi connectivity index (χ0) is 17.2. The van der Waals surface area contributed by atoms with Gasteiger partial charge in [-0.1, -0.05) is 36.4 Å². The van der Waals surface area contributed by atoms with Gasteiger partial charge in [0.15, 0.2) is 5.60 Å². The maximum atomic E-state index is 12.6. The first-order chi connectivity index (χ1) is 12.1. The van der Waals surface area contributed by atoms with Gasteiger partial charge in [0, 0.05) is 28.4 Å². The van der Waals surface area contributed by atoms with E-state index in [-0.39, 0.29) is 5.97 Å². The number of nitrogen functional groups attached to an aromatic ring is 1. The summed E-state index contributed by atoms with van der Waals surface area (Å²) in [5, 5.41) is 0. The average molecular weight is 329 g/mol. The van der Waals surface area contributed by atoms with Crippen molar-refractivity contribution in [1.82, 2.24) is 0 Å². The highest BCUT2D eigenvalue weighted by atomic mass is 16.6. The fraction of sp³-hybridized carbons (Fsp3) is 0.0952. The molecule has 3 aromatic carbocycles. The lowest BCUT2D eigenvalue weighted by Crippen LogP contribution is -2.33. The molecular formula is C21H15NO3. The first-order valence-corrected chi connectivity index (χ1v) is 8.12. The Labute approximate surface area is 144 Å². The summed E-state index contributed by atoms with van der Waals surface area (Å²) in [7, 11) is 0. The van der Waals surface area contributed by atoms with Crippen LogP contribution >= 0.6 is 0 Å². The van der Waals surface area contributed by atoms with Crippen molar-refractivity contribution in [3.63, 3.8) is 0 Å². The van der Waals surface area contributed by atoms with Crippen molar-refractivity contribution >= 4 is 11.7 Å². The van der Waals surface area contributed by atoms with Crippen LogP contribution in [0, 0.1) is 6.92 Å². The topological polar surface area (TPSA) is 61.6 Å². The van der Waals surface area contributed by atoms with Crippen LogP contribution in [0.4, 0.5) is 5.69 Å². The first kappa shape index (κ1) is 14.1. The molecule has 1 atom stereocenters. The Hall–Kier alpha value is -3.27. The maximum Gasteiger partial charge on any atom is 0.340 e. The summed E-state index contributed by atoms with van der Waals surface area (Å²) in [6.45, 7) is 1.98. The van der Waals surface area contributed by atoms with Crippen LogP contribution in [-0.4, -0.2) is 5.97 Å². The number of nitrogens with two attached hydrogens (primary N) is 1. The van der Waals surface area contributed by atoms with E-state index < -0.39 is 5.60 Å². The van der Waals surface area contributed by atoms with E-state index in [4.69, 9.17) is 15.2 Å². The van der Waals surface area contributed by atoms with Crippen molar-refractivity contribution in [2.24, 2.45) is 0 Å². The molecule has 0 aliphatic carbocycles. The van der Waals surface area contributed by atoms with E-state index in [1.165, 1.54) is 0 Å². The van der Waals surface area contributed by atoms with E-state index in [1.54, 1.807) is 18.2 Å². The molecule has 0 aromatic heterocycles. The van der Waals surface area contributed by atoms with Crippen LogP contribution in [0.1, 0.15) is 32.6 Å². The van der Waals surface area contributed by atoms with Crippen molar-refractivity contribution in [1.29, 1.82) is 0 Å². The lowest BCUT2D eigenvalue weighted by atomic mass is 9.77. The van der Waals surface area contributed by atoms with Gasteiger partial charge in [0.2, 0.25) is 0 Å². The van der Waals surface area contributed by atoms with Gasteiger partial charge < -0.3 is 15.2 Å². The number of hydrogen-bond acceptors (Lipinski definition) is 4. The van der Waals surface area contributed by atoms with Gasteiger partial charge in [-0.15, -0.1) is 0 Å². The predicted octanol–water partition coefficient (Wildman–Crippen LogP) is 4.15. The van der Waals surface area contributed by atoms with Crippen molar-refractivity contribution in [2.45, 2.75) is 12.5 Å². The number of carbonyl (C=O) groups excluding carboxylic acids is 1. The SMILES string of the molecule is Cc1cccc2c1Oc1cc(N)ccc1C21OC(=O)c2ccccc21. The number of hydrogen-bond donors (Lipinski definition) is 1. The second-order valence-corrected chi connectivity index (χ2v) is 6.43. The number of anilines is 1. The quantitative estimate of drug-likeness (QED) is 0.497. The third kappa shape index (κ3) is 1.68. The highest BCUT2D eigenvalue weighted by Crippen LogP contribution is 2.56. The molecule has 2 heterocycles. The standard InChI is InChI=1S/C21H15NO3/c1-12-5-4-8-17-19(12)24-18-11-13(22)9-10-16(18)21(17)15-7-3-2-6-14(15)20(23)25-21/h2-11H,22H2,1H3. The number of esters is 1. The van der Waals surface area contributed by atoms with Gasteiger partial charge in [0.1, 0.15) is 11.5 Å². The molecule has 0 bridgehead atoms. The smallest absolute Gasteiger partial charge is 0.340 e. The zero-order valence-corrected chi connectivity index (χ0v) is 13.6. The maximum absolute atomic E-state index is 12.6. The summed E-state index contributed by atoms with van der Waals surface area (Å²) < 4.78 is 12.2. The van der Waals surface area contributed by atoms with Crippen LogP contribution in [0.25, 0.3) is 0 Å². The molecule has 25 heavy (non-hydrogen) atoms. The summed E-state index contributed by atoms with van der Waals surface area (Å²) in [4.78, 5) is 12.6. The summed E-state index contributed by atoms with van der Waals surface area (Å²) >= 11 is 0. The van der Waals surface area contributed by atoms with Crippen molar-refractivity contribution < 1.29 is 14.3 Å². The van der Waals surface area contributed by atoms with E-state index in [0.29, 0.717) is 22.7 Å². The first-order valence-electron chi connectivity index (χ1n) is 8.12. The van der Waals surface area contributed by atoms with Crippen LogP contribution in [-0.2, 0) is 10.3 Å². The molecule has 2 aliphatic heterocycles.